The molecule has 2 N–H and O–H groups in total. The van der Waals surface area contributed by atoms with Gasteiger partial charge in [-0.2, -0.15) is 0 Å². The molecule has 0 amide bonds. The summed E-state index contributed by atoms with van der Waals surface area (Å²) in [6.07, 6.45) is -0.638. The van der Waals surface area contributed by atoms with Crippen LogP contribution >= 0.6 is 12.4 Å². The van der Waals surface area contributed by atoms with Gasteiger partial charge in [0.25, 0.3) is 0 Å². The van der Waals surface area contributed by atoms with E-state index in [1.54, 1.807) is 0 Å². The molecule has 1 unspecified atom stereocenters. The molecule has 2 rings (SSSR count). The van der Waals surface area contributed by atoms with Crippen LogP contribution in [-0.4, -0.2) is 36.2 Å². The number of aryl methyl sites for hydroxylation is 3. The zero-order valence-electron chi connectivity index (χ0n) is 16.7. The highest BCUT2D eigenvalue weighted by Gasteiger charge is 2.19. The topological polar surface area (TPSA) is 58.6 Å². The van der Waals surface area contributed by atoms with Crippen molar-refractivity contribution in [3.8, 4) is 5.75 Å². The molecule has 148 valence electrons. The Morgan fingerprint density at radius 3 is 2.30 bits per heavy atom. The Kier molecular flexibility index (Phi) is 8.97. The number of hydrogen-bond acceptors (Lipinski definition) is 4. The first kappa shape index (κ1) is 23.2. The van der Waals surface area contributed by atoms with E-state index in [2.05, 4.69) is 5.32 Å². The van der Waals surface area contributed by atoms with Gasteiger partial charge in [-0.15, -0.1) is 12.4 Å². The monoisotopic (exact) mass is 391 g/mol. The number of carbonyl (C=O) groups excluding carboxylic acids is 1. The van der Waals surface area contributed by atoms with E-state index in [1.165, 1.54) is 0 Å². The number of aliphatic hydroxyl groups excluding tert-OH is 1. The van der Waals surface area contributed by atoms with Gasteiger partial charge in [0.1, 0.15) is 18.5 Å². The van der Waals surface area contributed by atoms with Crippen LogP contribution in [-0.2, 0) is 0 Å². The van der Waals surface area contributed by atoms with E-state index in [-0.39, 0.29) is 24.8 Å². The molecule has 1 atom stereocenters. The highest BCUT2D eigenvalue weighted by molar-refractivity contribution is 6.11. The van der Waals surface area contributed by atoms with Crippen molar-refractivity contribution >= 4 is 18.2 Å². The fraction of sp³-hybridized carbons (Fsp3) is 0.409. The molecule has 27 heavy (non-hydrogen) atoms. The first-order valence-electron chi connectivity index (χ1n) is 9.04. The maximum Gasteiger partial charge on any atom is 0.197 e. The minimum Gasteiger partial charge on any atom is -0.490 e. The van der Waals surface area contributed by atoms with Gasteiger partial charge in [0.2, 0.25) is 0 Å². The first-order valence-corrected chi connectivity index (χ1v) is 9.04. The van der Waals surface area contributed by atoms with Crippen molar-refractivity contribution in [2.75, 3.05) is 13.2 Å². The Labute approximate surface area is 168 Å². The van der Waals surface area contributed by atoms with Crippen molar-refractivity contribution < 1.29 is 14.6 Å². The van der Waals surface area contributed by atoms with E-state index < -0.39 is 6.10 Å². The summed E-state index contributed by atoms with van der Waals surface area (Å²) in [7, 11) is 0. The quantitative estimate of drug-likeness (QED) is 0.668. The molecule has 0 bridgehead atoms. The summed E-state index contributed by atoms with van der Waals surface area (Å²) >= 11 is 0. The molecule has 2 aromatic rings. The van der Waals surface area contributed by atoms with Gasteiger partial charge < -0.3 is 15.2 Å². The molecule has 0 saturated carbocycles. The third-order valence-corrected chi connectivity index (χ3v) is 4.18. The average Bonchev–Trinajstić information content (AvgIpc) is 2.57. The number of aliphatic hydroxyl groups is 1. The van der Waals surface area contributed by atoms with Crippen molar-refractivity contribution in [2.24, 2.45) is 0 Å². The highest BCUT2D eigenvalue weighted by Crippen LogP contribution is 2.27. The van der Waals surface area contributed by atoms with Crippen molar-refractivity contribution in [1.82, 2.24) is 5.32 Å². The van der Waals surface area contributed by atoms with Gasteiger partial charge in [0.15, 0.2) is 5.78 Å². The fourth-order valence-electron chi connectivity index (χ4n) is 2.80. The summed E-state index contributed by atoms with van der Waals surface area (Å²) in [5.41, 5.74) is 4.20. The maximum absolute atomic E-state index is 13.0. The number of nitrogens with one attached hydrogen (secondary N) is 1. The number of halogens is 1. The molecule has 0 fully saturated rings. The molecule has 0 radical (unpaired) electrons. The Bertz CT molecular complexity index is 757. The van der Waals surface area contributed by atoms with E-state index in [0.717, 1.165) is 16.7 Å². The molecule has 0 saturated heterocycles. The lowest BCUT2D eigenvalue weighted by Crippen LogP contribution is -2.35. The molecule has 0 aliphatic carbocycles. The highest BCUT2D eigenvalue weighted by atomic mass is 35.5. The second kappa shape index (κ2) is 10.5. The predicted octanol–water partition coefficient (Wildman–Crippen LogP) is 4.00. The Morgan fingerprint density at radius 1 is 1.07 bits per heavy atom. The Hall–Kier alpha value is -1.88. The van der Waals surface area contributed by atoms with Gasteiger partial charge >= 0.3 is 0 Å². The predicted molar refractivity (Wildman–Crippen MR) is 112 cm³/mol. The lowest BCUT2D eigenvalue weighted by atomic mass is 9.96. The fourth-order valence-corrected chi connectivity index (χ4v) is 2.80. The average molecular weight is 392 g/mol. The number of ether oxygens (including phenoxy) is 1. The molecular formula is C22H30ClNO3. The van der Waals surface area contributed by atoms with E-state index in [1.807, 2.05) is 71.0 Å². The Balaban J connectivity index is 0.00000364. The number of carbonyl (C=O) groups is 1. The second-order valence-corrected chi connectivity index (χ2v) is 7.18. The molecule has 5 heteroatoms. The normalized spacial score (nSPS) is 11.8. The third kappa shape index (κ3) is 6.65. The summed E-state index contributed by atoms with van der Waals surface area (Å²) < 4.78 is 5.85. The number of rotatable bonds is 8. The van der Waals surface area contributed by atoms with Crippen molar-refractivity contribution in [3.05, 3.63) is 64.2 Å². The zero-order chi connectivity index (χ0) is 19.3. The molecule has 4 nitrogen and oxygen atoms in total. The van der Waals surface area contributed by atoms with Crippen LogP contribution in [0.15, 0.2) is 36.4 Å². The smallest absolute Gasteiger partial charge is 0.197 e. The van der Waals surface area contributed by atoms with E-state index in [4.69, 9.17) is 4.74 Å². The van der Waals surface area contributed by atoms with Crippen LogP contribution in [0.3, 0.4) is 0 Å². The third-order valence-electron chi connectivity index (χ3n) is 4.18. The summed E-state index contributed by atoms with van der Waals surface area (Å²) in [5.74, 6) is 0.462. The van der Waals surface area contributed by atoms with E-state index in [9.17, 15) is 9.90 Å². The van der Waals surface area contributed by atoms with Crippen LogP contribution in [0.5, 0.6) is 5.75 Å². The SMILES string of the molecule is Cc1ccc(C(=O)c2c(C)cc(C)cc2OCC(O)CNC(C)C)cc1.Cl. The first-order chi connectivity index (χ1) is 12.3. The van der Waals surface area contributed by atoms with Crippen molar-refractivity contribution in [2.45, 2.75) is 46.8 Å². The minimum absolute atomic E-state index is 0. The molecule has 0 aromatic heterocycles. The van der Waals surface area contributed by atoms with Crippen LogP contribution in [0.25, 0.3) is 0 Å². The molecule has 0 heterocycles. The molecule has 0 spiro atoms. The van der Waals surface area contributed by atoms with Crippen LogP contribution in [0, 0.1) is 20.8 Å². The van der Waals surface area contributed by atoms with Gasteiger partial charge in [0.05, 0.1) is 5.56 Å². The van der Waals surface area contributed by atoms with Gasteiger partial charge in [0, 0.05) is 18.2 Å². The van der Waals surface area contributed by atoms with Crippen LogP contribution in [0.1, 0.15) is 46.5 Å². The summed E-state index contributed by atoms with van der Waals surface area (Å²) in [6, 6.07) is 11.7. The second-order valence-electron chi connectivity index (χ2n) is 7.18. The van der Waals surface area contributed by atoms with Crippen LogP contribution in [0.2, 0.25) is 0 Å². The number of hydrogen-bond donors (Lipinski definition) is 2. The molecule has 0 aliphatic heterocycles. The van der Waals surface area contributed by atoms with Crippen LogP contribution < -0.4 is 10.1 Å². The van der Waals surface area contributed by atoms with Gasteiger partial charge in [-0.1, -0.05) is 49.7 Å². The Morgan fingerprint density at radius 2 is 1.70 bits per heavy atom. The standard InChI is InChI=1S/C22H29NO3.ClH/c1-14(2)23-12-19(24)13-26-20-11-16(4)10-17(5)21(20)22(25)18-8-6-15(3)7-9-18;/h6-11,14,19,23-24H,12-13H2,1-5H3;1H. The minimum atomic E-state index is -0.638. The molecular weight excluding hydrogens is 362 g/mol. The summed E-state index contributed by atoms with van der Waals surface area (Å²) in [5, 5.41) is 13.3. The maximum atomic E-state index is 13.0. The van der Waals surface area contributed by atoms with Crippen molar-refractivity contribution in [3.63, 3.8) is 0 Å². The molecule has 0 aliphatic rings. The van der Waals surface area contributed by atoms with Crippen molar-refractivity contribution in [1.29, 1.82) is 0 Å². The lowest BCUT2D eigenvalue weighted by molar-refractivity contribution is 0.0981. The number of ketones is 1. The van der Waals surface area contributed by atoms with Crippen LogP contribution in [0.4, 0.5) is 0 Å². The largest absolute Gasteiger partial charge is 0.490 e. The van der Waals surface area contributed by atoms with E-state index in [0.29, 0.717) is 29.5 Å². The lowest BCUT2D eigenvalue weighted by Gasteiger charge is -2.18. The van der Waals surface area contributed by atoms with Gasteiger partial charge in [-0.3, -0.25) is 4.79 Å². The van der Waals surface area contributed by atoms with Gasteiger partial charge in [-0.25, -0.2) is 0 Å². The zero-order valence-corrected chi connectivity index (χ0v) is 17.5. The number of benzene rings is 2. The summed E-state index contributed by atoms with van der Waals surface area (Å²) in [6.45, 7) is 10.5. The van der Waals surface area contributed by atoms with E-state index >= 15 is 0 Å². The summed E-state index contributed by atoms with van der Waals surface area (Å²) in [4.78, 5) is 13.0. The van der Waals surface area contributed by atoms with Gasteiger partial charge in [-0.05, 0) is 38.0 Å². The molecule has 2 aromatic carbocycles.